The molecular formula is C10H23AlN2O3. The van der Waals surface area contributed by atoms with Gasteiger partial charge in [-0.3, -0.25) is 4.79 Å². The van der Waals surface area contributed by atoms with Gasteiger partial charge in [-0.15, -0.1) is 0 Å². The predicted molar refractivity (Wildman–Crippen MR) is 65.7 cm³/mol. The van der Waals surface area contributed by atoms with Gasteiger partial charge in [0.2, 0.25) is 0 Å². The van der Waals surface area contributed by atoms with Crippen molar-refractivity contribution < 1.29 is 13.7 Å². The molecule has 0 amide bonds. The van der Waals surface area contributed by atoms with Crippen LogP contribution < -0.4 is 11.5 Å². The van der Waals surface area contributed by atoms with Crippen LogP contribution in [0.15, 0.2) is 0 Å². The number of nitrogens with two attached hydrogens (primary N) is 2. The van der Waals surface area contributed by atoms with E-state index in [1.165, 1.54) is 18.1 Å². The summed E-state index contributed by atoms with van der Waals surface area (Å²) < 4.78 is 5.21. The van der Waals surface area contributed by atoms with Gasteiger partial charge in [-0.25, -0.2) is 0 Å². The van der Waals surface area contributed by atoms with Gasteiger partial charge >= 0.3 is 21.5 Å². The minimum absolute atomic E-state index is 0.00849. The van der Waals surface area contributed by atoms with Gasteiger partial charge in [0.25, 0.3) is 0 Å². The van der Waals surface area contributed by atoms with Gasteiger partial charge < -0.3 is 20.4 Å². The standard InChI is InChI=1S/C6H14N2O2.C4H8O.Al.H/c7-4-2-1-3-5(8)6(9)10;1-2-3-4-5;;/h5H,1-4,7-8H2,(H,9,10);1-4H2;;/q;-1;+1;. The zero-order valence-corrected chi connectivity index (χ0v) is 11.3. The van der Waals surface area contributed by atoms with Crippen molar-refractivity contribution in [3.8, 4) is 0 Å². The molecule has 16 heavy (non-hydrogen) atoms. The highest BCUT2D eigenvalue weighted by molar-refractivity contribution is 6.27. The first-order chi connectivity index (χ1) is 7.68. The Balaban J connectivity index is 0.000000315. The summed E-state index contributed by atoms with van der Waals surface area (Å²) in [6, 6.07) is -0.716. The molecule has 0 aromatic heterocycles. The fourth-order valence-electron chi connectivity index (χ4n) is 1.32. The fraction of sp³-hybridized carbons (Fsp3) is 0.900. The molecule has 1 rings (SSSR count). The lowest BCUT2D eigenvalue weighted by Gasteiger charge is -2.06. The van der Waals surface area contributed by atoms with Gasteiger partial charge in [0.05, 0.1) is 0 Å². The van der Waals surface area contributed by atoms with Crippen LogP contribution in [0, 0.1) is 0 Å². The van der Waals surface area contributed by atoms with E-state index in [0.717, 1.165) is 19.4 Å². The van der Waals surface area contributed by atoms with E-state index in [-0.39, 0.29) is 15.6 Å². The Hall–Kier alpha value is -0.118. The summed E-state index contributed by atoms with van der Waals surface area (Å²) in [6.45, 7) is 1.67. The van der Waals surface area contributed by atoms with E-state index in [1.54, 1.807) is 0 Å². The molecule has 0 saturated carbocycles. The Morgan fingerprint density at radius 1 is 1.44 bits per heavy atom. The van der Waals surface area contributed by atoms with Crippen LogP contribution in [0.5, 0.6) is 0 Å². The molecule has 0 spiro atoms. The number of hydrogen-bond donors (Lipinski definition) is 3. The lowest BCUT2D eigenvalue weighted by molar-refractivity contribution is -0.138. The van der Waals surface area contributed by atoms with E-state index >= 15 is 0 Å². The summed E-state index contributed by atoms with van der Waals surface area (Å²) in [5.41, 5.74) is 10.4. The molecule has 1 saturated heterocycles. The second kappa shape index (κ2) is 11.4. The molecule has 0 aliphatic carbocycles. The number of unbranched alkanes of at least 4 members (excludes halogenated alkanes) is 1. The maximum Gasteiger partial charge on any atom is 0.435 e. The molecule has 5 nitrogen and oxygen atoms in total. The van der Waals surface area contributed by atoms with Crippen LogP contribution in [0.1, 0.15) is 32.1 Å². The minimum atomic E-state index is -0.933. The highest BCUT2D eigenvalue weighted by atomic mass is 27.1. The van der Waals surface area contributed by atoms with Gasteiger partial charge in [-0.1, -0.05) is 18.1 Å². The topological polar surface area (TPSA) is 98.6 Å². The maximum atomic E-state index is 10.1. The van der Waals surface area contributed by atoms with Gasteiger partial charge in [0.15, 0.2) is 0 Å². The largest absolute Gasteiger partial charge is 0.503 e. The molecule has 1 unspecified atom stereocenters. The average molecular weight is 246 g/mol. The van der Waals surface area contributed by atoms with E-state index in [4.69, 9.17) is 20.4 Å². The predicted octanol–water partition coefficient (Wildman–Crippen LogP) is 0.0939. The third kappa shape index (κ3) is 10.4. The third-order valence-electron chi connectivity index (χ3n) is 2.36. The lowest BCUT2D eigenvalue weighted by Crippen LogP contribution is -2.29. The zero-order chi connectivity index (χ0) is 12.2. The Morgan fingerprint density at radius 3 is 2.50 bits per heavy atom. The molecule has 6 heteroatoms. The van der Waals surface area contributed by atoms with Crippen molar-refractivity contribution in [2.45, 2.75) is 43.4 Å². The Labute approximate surface area is 104 Å². The number of rotatable bonds is 5. The smallest absolute Gasteiger partial charge is 0.435 e. The van der Waals surface area contributed by atoms with E-state index in [0.29, 0.717) is 13.0 Å². The quantitative estimate of drug-likeness (QED) is 0.472. The highest BCUT2D eigenvalue weighted by Gasteiger charge is 2.09. The summed E-state index contributed by atoms with van der Waals surface area (Å²) in [4.78, 5) is 10.1. The fourth-order valence-corrected chi connectivity index (χ4v) is 2.49. The lowest BCUT2D eigenvalue weighted by atomic mass is 10.1. The first kappa shape index (κ1) is 15.9. The van der Waals surface area contributed by atoms with Crippen LogP contribution in [-0.4, -0.2) is 45.8 Å². The van der Waals surface area contributed by atoms with Gasteiger partial charge in [-0.2, -0.15) is 0 Å². The van der Waals surface area contributed by atoms with Crippen LogP contribution in [0.3, 0.4) is 0 Å². The summed E-state index contributed by atoms with van der Waals surface area (Å²) in [6.07, 6.45) is 4.91. The van der Waals surface area contributed by atoms with Crippen LogP contribution in [0.2, 0.25) is 5.28 Å². The second-order valence-electron chi connectivity index (χ2n) is 3.90. The molecular weight excluding hydrogens is 223 g/mol. The zero-order valence-electron chi connectivity index (χ0n) is 9.86. The molecule has 1 aliphatic heterocycles. The van der Waals surface area contributed by atoms with E-state index < -0.39 is 12.0 Å². The number of carboxylic acid groups (broad SMARTS) is 1. The van der Waals surface area contributed by atoms with Crippen LogP contribution in [0.25, 0.3) is 0 Å². The third-order valence-corrected chi connectivity index (χ3v) is 3.73. The van der Waals surface area contributed by atoms with Crippen LogP contribution >= 0.6 is 0 Å². The van der Waals surface area contributed by atoms with E-state index in [2.05, 4.69) is 0 Å². The average Bonchev–Trinajstić information content (AvgIpc) is 2.32. The molecule has 5 N–H and O–H groups in total. The van der Waals surface area contributed by atoms with Gasteiger partial charge in [-0.05, 0) is 25.8 Å². The summed E-state index contributed by atoms with van der Waals surface area (Å²) in [5, 5.41) is 9.74. The maximum absolute atomic E-state index is 10.1. The van der Waals surface area contributed by atoms with Crippen molar-refractivity contribution in [2.75, 3.05) is 13.2 Å². The molecule has 1 heterocycles. The first-order valence-corrected chi connectivity index (χ1v) is 7.52. The van der Waals surface area contributed by atoms with Crippen LogP contribution in [0.4, 0.5) is 0 Å². The first-order valence-electron chi connectivity index (χ1n) is 5.94. The summed E-state index contributed by atoms with van der Waals surface area (Å²) in [5.74, 6) is -0.933. The van der Waals surface area contributed by atoms with E-state index in [1.807, 2.05) is 0 Å². The van der Waals surface area contributed by atoms with Crippen molar-refractivity contribution in [1.82, 2.24) is 0 Å². The van der Waals surface area contributed by atoms with Crippen molar-refractivity contribution in [3.05, 3.63) is 0 Å². The Bertz CT molecular complexity index is 166. The molecule has 0 aromatic carbocycles. The van der Waals surface area contributed by atoms with Crippen LogP contribution in [-0.2, 0) is 8.58 Å². The monoisotopic (exact) mass is 246 g/mol. The summed E-state index contributed by atoms with van der Waals surface area (Å²) in [7, 11) is 0. The van der Waals surface area contributed by atoms with E-state index in [9.17, 15) is 4.79 Å². The van der Waals surface area contributed by atoms with Crippen molar-refractivity contribution in [3.63, 3.8) is 0 Å². The summed E-state index contributed by atoms with van der Waals surface area (Å²) >= 11 is 0.00849. The molecule has 0 aromatic rings. The van der Waals surface area contributed by atoms with Gasteiger partial charge in [0.1, 0.15) is 6.04 Å². The molecule has 94 valence electrons. The molecule has 1 aliphatic rings. The molecule has 1 atom stereocenters. The minimum Gasteiger partial charge on any atom is -0.503 e. The van der Waals surface area contributed by atoms with Crippen molar-refractivity contribution >= 4 is 21.5 Å². The second-order valence-corrected chi connectivity index (χ2v) is 5.43. The molecule has 1 fully saturated rings. The Morgan fingerprint density at radius 2 is 2.19 bits per heavy atom. The normalized spacial score (nSPS) is 16.6. The SMILES string of the molecule is C1C[CH2][AlH][O]C1.NCCCCC(N)C(=O)O. The van der Waals surface area contributed by atoms with Crippen molar-refractivity contribution in [2.24, 2.45) is 11.5 Å². The number of carboxylic acids is 1. The number of aliphatic carboxylic acids is 1. The Kier molecular flexibility index (Phi) is 11.3. The van der Waals surface area contributed by atoms with Gasteiger partial charge in [0, 0.05) is 6.61 Å². The molecule has 0 bridgehead atoms. The number of carbonyl (C=O) groups is 1. The number of hydrogen-bond acceptors (Lipinski definition) is 4. The molecule has 0 radical (unpaired) electrons. The highest BCUT2D eigenvalue weighted by Crippen LogP contribution is 2.01. The van der Waals surface area contributed by atoms with Crippen molar-refractivity contribution in [1.29, 1.82) is 0 Å².